The van der Waals surface area contributed by atoms with E-state index in [9.17, 15) is 14.3 Å². The van der Waals surface area contributed by atoms with E-state index in [1.165, 1.54) is 12.1 Å². The maximum absolute atomic E-state index is 13.2. The summed E-state index contributed by atoms with van der Waals surface area (Å²) in [5.74, 6) is -0.415. The van der Waals surface area contributed by atoms with Gasteiger partial charge in [0, 0.05) is 18.0 Å². The average molecular weight is 304 g/mol. The van der Waals surface area contributed by atoms with Crippen molar-refractivity contribution in [1.29, 1.82) is 0 Å². The fraction of sp³-hybridized carbons (Fsp3) is 0.412. The van der Waals surface area contributed by atoms with Gasteiger partial charge in [-0.15, -0.1) is 0 Å². The highest BCUT2D eigenvalue weighted by Crippen LogP contribution is 2.17. The van der Waals surface area contributed by atoms with Crippen LogP contribution in [0.2, 0.25) is 0 Å². The van der Waals surface area contributed by atoms with Crippen LogP contribution in [0.3, 0.4) is 0 Å². The minimum atomic E-state index is -0.431. The van der Waals surface area contributed by atoms with Gasteiger partial charge in [0.1, 0.15) is 5.82 Å². The van der Waals surface area contributed by atoms with Crippen molar-refractivity contribution in [2.45, 2.75) is 33.3 Å². The molecule has 0 fully saturated rings. The summed E-state index contributed by atoms with van der Waals surface area (Å²) in [4.78, 5) is 16.5. The molecule has 0 bridgehead atoms. The number of nitrogens with zero attached hydrogens (tertiary/aromatic N) is 1. The Balaban J connectivity index is 2.11. The number of amides is 1. The van der Waals surface area contributed by atoms with Gasteiger partial charge >= 0.3 is 0 Å². The third-order valence-corrected chi connectivity index (χ3v) is 3.71. The predicted molar refractivity (Wildman–Crippen MR) is 84.2 cm³/mol. The number of carbonyl (C=O) groups excluding carboxylic acids is 1. The van der Waals surface area contributed by atoms with Crippen molar-refractivity contribution >= 4 is 16.8 Å². The molecule has 1 atom stereocenters. The van der Waals surface area contributed by atoms with Crippen LogP contribution in [0.25, 0.3) is 10.9 Å². The van der Waals surface area contributed by atoms with Gasteiger partial charge in [-0.2, -0.15) is 0 Å². The lowest BCUT2D eigenvalue weighted by Gasteiger charge is -2.15. The van der Waals surface area contributed by atoms with Gasteiger partial charge in [-0.3, -0.25) is 9.78 Å². The first kappa shape index (κ1) is 16.4. The minimum absolute atomic E-state index is 0.163. The van der Waals surface area contributed by atoms with E-state index in [2.05, 4.69) is 10.3 Å². The summed E-state index contributed by atoms with van der Waals surface area (Å²) in [6, 6.07) is 6.02. The number of rotatable bonds is 5. The van der Waals surface area contributed by atoms with Gasteiger partial charge in [0.05, 0.1) is 22.9 Å². The Morgan fingerprint density at radius 2 is 2.09 bits per heavy atom. The quantitative estimate of drug-likeness (QED) is 0.893. The van der Waals surface area contributed by atoms with E-state index in [1.54, 1.807) is 19.1 Å². The van der Waals surface area contributed by atoms with Gasteiger partial charge in [0.15, 0.2) is 0 Å². The standard InChI is InChI=1S/C17H21FN2O2/c1-10(2)16(21)6-7-19-17(22)14-8-12-4-5-13(18)9-15(12)20-11(14)3/h4-5,8-10,16,21H,6-7H2,1-3H3,(H,19,22). The van der Waals surface area contributed by atoms with Crippen molar-refractivity contribution in [1.82, 2.24) is 10.3 Å². The zero-order valence-electron chi connectivity index (χ0n) is 13.1. The Labute approximate surface area is 129 Å². The molecule has 22 heavy (non-hydrogen) atoms. The molecule has 0 saturated heterocycles. The number of hydrogen-bond donors (Lipinski definition) is 2. The molecular formula is C17H21FN2O2. The van der Waals surface area contributed by atoms with Crippen LogP contribution in [0.4, 0.5) is 4.39 Å². The molecule has 2 rings (SSSR count). The van der Waals surface area contributed by atoms with Crippen molar-refractivity contribution in [3.05, 3.63) is 41.3 Å². The number of aromatic nitrogens is 1. The number of aryl methyl sites for hydroxylation is 1. The normalized spacial score (nSPS) is 12.6. The molecular weight excluding hydrogens is 283 g/mol. The van der Waals surface area contributed by atoms with Gasteiger partial charge in [-0.25, -0.2) is 4.39 Å². The summed E-state index contributed by atoms with van der Waals surface area (Å²) < 4.78 is 13.2. The maximum atomic E-state index is 13.2. The van der Waals surface area contributed by atoms with Crippen LogP contribution >= 0.6 is 0 Å². The Kier molecular flexibility index (Phi) is 5.08. The van der Waals surface area contributed by atoms with E-state index in [0.29, 0.717) is 29.7 Å². The lowest BCUT2D eigenvalue weighted by molar-refractivity contribution is 0.0919. The molecule has 118 valence electrons. The molecule has 0 saturated carbocycles. The average Bonchev–Trinajstić information content (AvgIpc) is 2.45. The molecule has 2 N–H and O–H groups in total. The monoisotopic (exact) mass is 304 g/mol. The molecule has 1 aromatic carbocycles. The van der Waals surface area contributed by atoms with Crippen molar-refractivity contribution < 1.29 is 14.3 Å². The lowest BCUT2D eigenvalue weighted by atomic mass is 10.0. The van der Waals surface area contributed by atoms with Crippen LogP contribution in [0.5, 0.6) is 0 Å². The summed E-state index contributed by atoms with van der Waals surface area (Å²) in [5.41, 5.74) is 1.56. The van der Waals surface area contributed by atoms with E-state index >= 15 is 0 Å². The predicted octanol–water partition coefficient (Wildman–Crippen LogP) is 2.82. The smallest absolute Gasteiger partial charge is 0.253 e. The van der Waals surface area contributed by atoms with Crippen molar-refractivity contribution in [2.75, 3.05) is 6.54 Å². The van der Waals surface area contributed by atoms with Crippen molar-refractivity contribution in [3.8, 4) is 0 Å². The Morgan fingerprint density at radius 3 is 2.77 bits per heavy atom. The van der Waals surface area contributed by atoms with Crippen LogP contribution < -0.4 is 5.32 Å². The number of halogens is 1. The topological polar surface area (TPSA) is 62.2 Å². The van der Waals surface area contributed by atoms with Crippen LogP contribution in [0.15, 0.2) is 24.3 Å². The van der Waals surface area contributed by atoms with Crippen LogP contribution in [0, 0.1) is 18.7 Å². The molecule has 4 nitrogen and oxygen atoms in total. The van der Waals surface area contributed by atoms with E-state index in [0.717, 1.165) is 5.39 Å². The number of hydrogen-bond acceptors (Lipinski definition) is 3. The summed E-state index contributed by atoms with van der Waals surface area (Å²) in [7, 11) is 0. The van der Waals surface area contributed by atoms with Gasteiger partial charge in [0.2, 0.25) is 0 Å². The van der Waals surface area contributed by atoms with E-state index < -0.39 is 6.10 Å². The highest BCUT2D eigenvalue weighted by Gasteiger charge is 2.13. The zero-order chi connectivity index (χ0) is 16.3. The van der Waals surface area contributed by atoms with E-state index in [1.807, 2.05) is 13.8 Å². The van der Waals surface area contributed by atoms with E-state index in [-0.39, 0.29) is 17.6 Å². The molecule has 0 aliphatic heterocycles. The van der Waals surface area contributed by atoms with Gasteiger partial charge in [-0.05, 0) is 37.5 Å². The number of fused-ring (bicyclic) bond motifs is 1. The summed E-state index contributed by atoms with van der Waals surface area (Å²) in [6.07, 6.45) is 0.0772. The molecule has 2 aromatic rings. The van der Waals surface area contributed by atoms with Crippen molar-refractivity contribution in [2.24, 2.45) is 5.92 Å². The fourth-order valence-electron chi connectivity index (χ4n) is 2.23. The third-order valence-electron chi connectivity index (χ3n) is 3.71. The van der Waals surface area contributed by atoms with Crippen LogP contribution in [-0.2, 0) is 0 Å². The Bertz CT molecular complexity index is 686. The number of nitrogens with one attached hydrogen (secondary N) is 1. The fourth-order valence-corrected chi connectivity index (χ4v) is 2.23. The molecule has 0 spiro atoms. The number of aliphatic hydroxyl groups excluding tert-OH is 1. The first-order valence-electron chi connectivity index (χ1n) is 7.41. The number of aliphatic hydroxyl groups is 1. The number of benzene rings is 1. The molecule has 0 aliphatic rings. The largest absolute Gasteiger partial charge is 0.393 e. The maximum Gasteiger partial charge on any atom is 0.253 e. The highest BCUT2D eigenvalue weighted by atomic mass is 19.1. The molecule has 1 heterocycles. The highest BCUT2D eigenvalue weighted by molar-refractivity contribution is 5.98. The summed E-state index contributed by atoms with van der Waals surface area (Å²) in [5, 5.41) is 13.2. The van der Waals surface area contributed by atoms with Crippen molar-refractivity contribution in [3.63, 3.8) is 0 Å². The third kappa shape index (κ3) is 3.80. The Hall–Kier alpha value is -2.01. The lowest BCUT2D eigenvalue weighted by Crippen LogP contribution is -2.29. The van der Waals surface area contributed by atoms with Crippen LogP contribution in [0.1, 0.15) is 36.3 Å². The van der Waals surface area contributed by atoms with Gasteiger partial charge in [-0.1, -0.05) is 13.8 Å². The Morgan fingerprint density at radius 1 is 1.36 bits per heavy atom. The summed E-state index contributed by atoms with van der Waals surface area (Å²) in [6.45, 7) is 5.99. The molecule has 0 radical (unpaired) electrons. The first-order chi connectivity index (χ1) is 10.4. The SMILES string of the molecule is Cc1nc2cc(F)ccc2cc1C(=O)NCCC(O)C(C)C. The minimum Gasteiger partial charge on any atom is -0.393 e. The molecule has 1 amide bonds. The van der Waals surface area contributed by atoms with Gasteiger partial charge < -0.3 is 10.4 Å². The molecule has 1 unspecified atom stereocenters. The first-order valence-corrected chi connectivity index (χ1v) is 7.41. The zero-order valence-corrected chi connectivity index (χ0v) is 13.1. The van der Waals surface area contributed by atoms with E-state index in [4.69, 9.17) is 0 Å². The molecule has 5 heteroatoms. The molecule has 1 aromatic heterocycles. The second-order valence-electron chi connectivity index (χ2n) is 5.81. The summed E-state index contributed by atoms with van der Waals surface area (Å²) >= 11 is 0. The molecule has 0 aliphatic carbocycles. The second-order valence-corrected chi connectivity index (χ2v) is 5.81. The second kappa shape index (κ2) is 6.83. The van der Waals surface area contributed by atoms with Gasteiger partial charge in [0.25, 0.3) is 5.91 Å². The number of carbonyl (C=O) groups is 1. The van der Waals surface area contributed by atoms with Crippen LogP contribution in [-0.4, -0.2) is 28.6 Å². The number of pyridine rings is 1.